The topological polar surface area (TPSA) is 148 Å². The lowest BCUT2D eigenvalue weighted by Crippen LogP contribution is -2.19. The van der Waals surface area contributed by atoms with Crippen molar-refractivity contribution in [2.24, 2.45) is 0 Å². The third kappa shape index (κ3) is 6.33. The molecule has 4 aromatic carbocycles. The highest BCUT2D eigenvalue weighted by Crippen LogP contribution is 2.25. The van der Waals surface area contributed by atoms with E-state index in [1.165, 1.54) is 12.1 Å². The van der Waals surface area contributed by atoms with E-state index in [9.17, 15) is 13.2 Å². The summed E-state index contributed by atoms with van der Waals surface area (Å²) in [6.45, 7) is 0. The lowest BCUT2D eigenvalue weighted by molar-refractivity contribution is 0.601. The molecule has 2 aromatic heterocycles. The molecular weight excluding hydrogens is 590 g/mol. The van der Waals surface area contributed by atoms with Crippen LogP contribution in [0.3, 0.4) is 0 Å². The van der Waals surface area contributed by atoms with Gasteiger partial charge in [0, 0.05) is 72.7 Å². The predicted molar refractivity (Wildman–Crippen MR) is 181 cm³/mol. The molecule has 2 heterocycles. The van der Waals surface area contributed by atoms with Gasteiger partial charge in [-0.3, -0.25) is 9.52 Å². The Labute approximate surface area is 259 Å². The fraction of sp³-hybridized carbons (Fsp3) is 0.125. The lowest BCUT2D eigenvalue weighted by Gasteiger charge is -2.16. The number of nitrogens with zero attached hydrogens (tertiary/aromatic N) is 5. The van der Waals surface area contributed by atoms with Gasteiger partial charge in [0.1, 0.15) is 0 Å². The Hall–Kier alpha value is -5.69. The fourth-order valence-electron chi connectivity index (χ4n) is 4.65. The third-order valence-electron chi connectivity index (χ3n) is 6.97. The number of aromatic nitrogens is 4. The van der Waals surface area contributed by atoms with Crippen LogP contribution in [-0.4, -0.2) is 56.5 Å². The highest BCUT2D eigenvalue weighted by atomic mass is 32.2. The van der Waals surface area contributed by atoms with Gasteiger partial charge in [-0.25, -0.2) is 8.42 Å². The number of H-pyrrole nitrogens is 1. The maximum atomic E-state index is 13.2. The third-order valence-corrected chi connectivity index (χ3v) is 8.34. The molecule has 6 aromatic rings. The Morgan fingerprint density at radius 2 is 1.16 bits per heavy atom. The maximum Gasteiger partial charge on any atom is 0.261 e. The number of sulfonamides is 1. The summed E-state index contributed by atoms with van der Waals surface area (Å²) >= 11 is 0. The molecule has 0 radical (unpaired) electrons. The summed E-state index contributed by atoms with van der Waals surface area (Å²) in [4.78, 5) is 33.2. The molecule has 4 N–H and O–H groups in total. The van der Waals surface area contributed by atoms with Crippen LogP contribution in [0.2, 0.25) is 0 Å². The van der Waals surface area contributed by atoms with Crippen molar-refractivity contribution in [3.8, 4) is 0 Å². The van der Waals surface area contributed by atoms with E-state index < -0.39 is 10.0 Å². The summed E-state index contributed by atoms with van der Waals surface area (Å²) in [5, 5.41) is 7.34. The van der Waals surface area contributed by atoms with Gasteiger partial charge in [0.2, 0.25) is 17.8 Å². The van der Waals surface area contributed by atoms with E-state index >= 15 is 0 Å². The minimum absolute atomic E-state index is 0.000255. The Bertz CT molecular complexity index is 2160. The first-order valence-corrected chi connectivity index (χ1v) is 15.5. The zero-order chi connectivity index (χ0) is 31.7. The lowest BCUT2D eigenvalue weighted by atomic mass is 10.1. The van der Waals surface area contributed by atoms with Crippen LogP contribution < -0.4 is 30.6 Å². The van der Waals surface area contributed by atoms with Gasteiger partial charge < -0.3 is 25.4 Å². The summed E-state index contributed by atoms with van der Waals surface area (Å²) in [5.74, 6) is 1.52. The van der Waals surface area contributed by atoms with Crippen LogP contribution in [0.4, 0.5) is 40.6 Å². The van der Waals surface area contributed by atoms with Gasteiger partial charge >= 0.3 is 0 Å². The van der Waals surface area contributed by atoms with Crippen LogP contribution in [0.25, 0.3) is 21.8 Å². The fourth-order valence-corrected chi connectivity index (χ4v) is 5.73. The number of hydrogen-bond acceptors (Lipinski definition) is 10. The summed E-state index contributed by atoms with van der Waals surface area (Å²) < 4.78 is 29.0. The number of rotatable bonds is 9. The van der Waals surface area contributed by atoms with Gasteiger partial charge in [-0.05, 0) is 78.9 Å². The van der Waals surface area contributed by atoms with Crippen LogP contribution in [0, 0.1) is 0 Å². The Balaban J connectivity index is 1.13. The van der Waals surface area contributed by atoms with Crippen molar-refractivity contribution in [2.45, 2.75) is 4.90 Å². The van der Waals surface area contributed by atoms with Gasteiger partial charge in [-0.2, -0.15) is 15.0 Å². The zero-order valence-corrected chi connectivity index (χ0v) is 25.8. The molecule has 0 amide bonds. The van der Waals surface area contributed by atoms with E-state index in [1.807, 2.05) is 74.4 Å². The van der Waals surface area contributed by atoms with Gasteiger partial charge in [0.15, 0.2) is 5.43 Å². The molecule has 13 heteroatoms. The molecule has 0 fully saturated rings. The normalized spacial score (nSPS) is 11.4. The highest BCUT2D eigenvalue weighted by Gasteiger charge is 2.17. The van der Waals surface area contributed by atoms with E-state index in [0.29, 0.717) is 45.3 Å². The minimum Gasteiger partial charge on any atom is -0.356 e. The predicted octanol–water partition coefficient (Wildman–Crippen LogP) is 5.29. The average molecular weight is 622 g/mol. The molecule has 0 aliphatic rings. The number of anilines is 7. The van der Waals surface area contributed by atoms with Crippen molar-refractivity contribution >= 4 is 72.4 Å². The van der Waals surface area contributed by atoms with E-state index in [1.54, 1.807) is 42.5 Å². The van der Waals surface area contributed by atoms with Crippen LogP contribution >= 0.6 is 0 Å². The molecule has 12 nitrogen and oxygen atoms in total. The number of para-hydroxylation sites is 1. The molecule has 6 rings (SSSR count). The first-order valence-electron chi connectivity index (χ1n) is 14.0. The number of benzene rings is 4. The largest absolute Gasteiger partial charge is 0.356 e. The van der Waals surface area contributed by atoms with Crippen molar-refractivity contribution in [1.82, 2.24) is 19.9 Å². The number of hydrogen-bond donors (Lipinski definition) is 4. The number of nitrogens with one attached hydrogen (secondary N) is 4. The van der Waals surface area contributed by atoms with Crippen molar-refractivity contribution in [3.05, 3.63) is 101 Å². The molecule has 0 saturated heterocycles. The SMILES string of the molecule is CN(C)c1nc(Nc2ccc(Nc3ccc(NS(=O)(=O)c4ccc5[nH]c6ccccc6c(=O)c5c4)cc3)cc2)nc(N(C)C)n1. The van der Waals surface area contributed by atoms with E-state index in [-0.39, 0.29) is 10.3 Å². The van der Waals surface area contributed by atoms with Crippen LogP contribution in [0.5, 0.6) is 0 Å². The van der Waals surface area contributed by atoms with Gasteiger partial charge in [-0.15, -0.1) is 0 Å². The Kier molecular flexibility index (Phi) is 7.69. The van der Waals surface area contributed by atoms with Crippen molar-refractivity contribution in [1.29, 1.82) is 0 Å². The second-order valence-electron chi connectivity index (χ2n) is 10.8. The van der Waals surface area contributed by atoms with Crippen LogP contribution in [0.15, 0.2) is 101 Å². The van der Waals surface area contributed by atoms with Gasteiger partial charge in [0.25, 0.3) is 10.0 Å². The number of pyridine rings is 1. The highest BCUT2D eigenvalue weighted by molar-refractivity contribution is 7.92. The second-order valence-corrected chi connectivity index (χ2v) is 12.4. The van der Waals surface area contributed by atoms with Crippen molar-refractivity contribution in [2.75, 3.05) is 53.3 Å². The van der Waals surface area contributed by atoms with Crippen LogP contribution in [-0.2, 0) is 10.0 Å². The molecule has 0 aliphatic heterocycles. The molecule has 0 unspecified atom stereocenters. The van der Waals surface area contributed by atoms with Gasteiger partial charge in [-0.1, -0.05) is 12.1 Å². The Morgan fingerprint density at radius 3 is 1.76 bits per heavy atom. The van der Waals surface area contributed by atoms with Gasteiger partial charge in [0.05, 0.1) is 4.90 Å². The maximum absolute atomic E-state index is 13.2. The Morgan fingerprint density at radius 1 is 0.622 bits per heavy atom. The minimum atomic E-state index is -3.94. The van der Waals surface area contributed by atoms with Crippen molar-refractivity contribution < 1.29 is 8.42 Å². The standard InChI is InChI=1S/C32H31N9O3S/c1-40(2)31-36-30(37-32(38-31)41(3)4)34-22-11-9-20(10-12-22)33-21-13-15-23(16-14-21)39-45(43,44)24-17-18-28-26(19-24)29(42)25-7-5-6-8-27(25)35-28/h5-19,33,39H,1-4H3,(H,35,42)(H,34,36,37,38). The van der Waals surface area contributed by atoms with Crippen LogP contribution in [0.1, 0.15) is 0 Å². The summed E-state index contributed by atoms with van der Waals surface area (Å²) in [5.41, 5.74) is 3.83. The summed E-state index contributed by atoms with van der Waals surface area (Å²) in [6.07, 6.45) is 0. The zero-order valence-electron chi connectivity index (χ0n) is 25.0. The second kappa shape index (κ2) is 11.8. The molecule has 45 heavy (non-hydrogen) atoms. The average Bonchev–Trinajstić information content (AvgIpc) is 3.02. The summed E-state index contributed by atoms with van der Waals surface area (Å²) in [6, 6.07) is 26.1. The first-order chi connectivity index (χ1) is 21.6. The first kappa shape index (κ1) is 29.4. The summed E-state index contributed by atoms with van der Waals surface area (Å²) in [7, 11) is 3.54. The molecule has 228 valence electrons. The smallest absolute Gasteiger partial charge is 0.261 e. The molecule has 0 aliphatic carbocycles. The number of aromatic amines is 1. The molecule has 0 bridgehead atoms. The van der Waals surface area contributed by atoms with E-state index in [0.717, 1.165) is 17.1 Å². The van der Waals surface area contributed by atoms with E-state index in [2.05, 4.69) is 35.3 Å². The van der Waals surface area contributed by atoms with Crippen molar-refractivity contribution in [3.63, 3.8) is 0 Å². The molecule has 0 atom stereocenters. The van der Waals surface area contributed by atoms with E-state index in [4.69, 9.17) is 0 Å². The number of fused-ring (bicyclic) bond motifs is 2. The monoisotopic (exact) mass is 621 g/mol. The molecule has 0 saturated carbocycles. The molecular formula is C32H31N9O3S. The molecule has 0 spiro atoms. The quantitative estimate of drug-likeness (QED) is 0.157.